The highest BCUT2D eigenvalue weighted by molar-refractivity contribution is 7.17. The topological polar surface area (TPSA) is 29.0 Å². The highest BCUT2D eigenvalue weighted by atomic mass is 32.1. The molecule has 0 spiro atoms. The van der Waals surface area contributed by atoms with E-state index in [4.69, 9.17) is 0 Å². The van der Waals surface area contributed by atoms with Crippen LogP contribution in [0.5, 0.6) is 0 Å². The number of hydrogen-bond donors (Lipinski definition) is 0. The lowest BCUT2D eigenvalue weighted by atomic mass is 9.75. The first-order valence-electron chi connectivity index (χ1n) is 7.35. The van der Waals surface area contributed by atoms with Gasteiger partial charge in [0.25, 0.3) is 0 Å². The minimum absolute atomic E-state index is 0.896. The van der Waals surface area contributed by atoms with Crippen LogP contribution in [0.2, 0.25) is 0 Å². The lowest BCUT2D eigenvalue weighted by molar-refractivity contribution is 0.202. The molecule has 3 heterocycles. The van der Waals surface area contributed by atoms with E-state index in [0.29, 0.717) is 0 Å². The molecule has 3 nitrogen and oxygen atoms in total. The monoisotopic (exact) mass is 273 g/mol. The van der Waals surface area contributed by atoms with Crippen molar-refractivity contribution in [1.82, 2.24) is 9.97 Å². The second-order valence-electron chi connectivity index (χ2n) is 5.87. The molecule has 19 heavy (non-hydrogen) atoms. The fourth-order valence-electron chi connectivity index (χ4n) is 3.79. The summed E-state index contributed by atoms with van der Waals surface area (Å²) in [7, 11) is 0. The molecule has 1 aliphatic carbocycles. The average Bonchev–Trinajstić information content (AvgIpc) is 2.95. The maximum absolute atomic E-state index is 4.57. The molecule has 2 aliphatic rings. The number of piperidine rings is 1. The Bertz CT molecular complexity index is 580. The van der Waals surface area contributed by atoms with Crippen molar-refractivity contribution in [2.24, 2.45) is 11.8 Å². The van der Waals surface area contributed by atoms with Gasteiger partial charge < -0.3 is 4.90 Å². The van der Waals surface area contributed by atoms with Crippen molar-refractivity contribution in [3.8, 4) is 0 Å². The zero-order valence-corrected chi connectivity index (χ0v) is 11.9. The first kappa shape index (κ1) is 11.6. The molecule has 1 aliphatic heterocycles. The van der Waals surface area contributed by atoms with Gasteiger partial charge in [0.15, 0.2) is 0 Å². The summed E-state index contributed by atoms with van der Waals surface area (Å²) in [6.45, 7) is 2.37. The van der Waals surface area contributed by atoms with Crippen molar-refractivity contribution in [1.29, 1.82) is 0 Å². The summed E-state index contributed by atoms with van der Waals surface area (Å²) in [6.07, 6.45) is 8.81. The number of rotatable bonds is 1. The SMILES string of the molecule is c1nc(N2CC[C@H]3CCCC[C@H]3C2)c2sccc2n1. The van der Waals surface area contributed by atoms with Gasteiger partial charge in [-0.1, -0.05) is 19.3 Å². The summed E-state index contributed by atoms with van der Waals surface area (Å²) in [5.41, 5.74) is 1.10. The van der Waals surface area contributed by atoms with Gasteiger partial charge in [0.2, 0.25) is 0 Å². The molecule has 2 aromatic rings. The summed E-state index contributed by atoms with van der Waals surface area (Å²) in [6, 6.07) is 2.10. The minimum atomic E-state index is 0.896. The highest BCUT2D eigenvalue weighted by Gasteiger charge is 2.32. The molecule has 1 saturated carbocycles. The minimum Gasteiger partial charge on any atom is -0.355 e. The summed E-state index contributed by atoms with van der Waals surface area (Å²) in [5, 5.41) is 2.12. The van der Waals surface area contributed by atoms with Crippen LogP contribution >= 0.6 is 11.3 Å². The lowest BCUT2D eigenvalue weighted by Gasteiger charge is -2.41. The molecule has 100 valence electrons. The summed E-state index contributed by atoms with van der Waals surface area (Å²) in [4.78, 5) is 11.4. The van der Waals surface area contributed by atoms with E-state index in [9.17, 15) is 0 Å². The van der Waals surface area contributed by atoms with E-state index >= 15 is 0 Å². The molecule has 0 bridgehead atoms. The first-order valence-corrected chi connectivity index (χ1v) is 8.23. The van der Waals surface area contributed by atoms with Crippen molar-refractivity contribution < 1.29 is 0 Å². The maximum Gasteiger partial charge on any atom is 0.150 e. The number of anilines is 1. The molecule has 2 fully saturated rings. The Morgan fingerprint density at radius 1 is 1.11 bits per heavy atom. The molecule has 4 rings (SSSR count). The smallest absolute Gasteiger partial charge is 0.150 e. The third kappa shape index (κ3) is 2.02. The van der Waals surface area contributed by atoms with Crippen LogP contribution in [0.3, 0.4) is 0 Å². The molecule has 2 atom stereocenters. The Hall–Kier alpha value is -1.16. The Morgan fingerprint density at radius 2 is 2.00 bits per heavy atom. The van der Waals surface area contributed by atoms with Crippen molar-refractivity contribution in [2.75, 3.05) is 18.0 Å². The highest BCUT2D eigenvalue weighted by Crippen LogP contribution is 2.38. The molecule has 0 amide bonds. The van der Waals surface area contributed by atoms with E-state index < -0.39 is 0 Å². The van der Waals surface area contributed by atoms with Crippen molar-refractivity contribution >= 4 is 27.4 Å². The molecule has 2 aromatic heterocycles. The van der Waals surface area contributed by atoms with Crippen LogP contribution in [0.15, 0.2) is 17.8 Å². The molecule has 0 radical (unpaired) electrons. The summed E-state index contributed by atoms with van der Waals surface area (Å²) < 4.78 is 1.26. The maximum atomic E-state index is 4.57. The van der Waals surface area contributed by atoms with Crippen LogP contribution < -0.4 is 4.90 Å². The van der Waals surface area contributed by atoms with Crippen LogP contribution in [0, 0.1) is 11.8 Å². The molecule has 1 saturated heterocycles. The number of thiophene rings is 1. The normalized spacial score (nSPS) is 27.5. The van der Waals surface area contributed by atoms with E-state index in [0.717, 1.165) is 17.4 Å². The van der Waals surface area contributed by atoms with Gasteiger partial charge in [-0.15, -0.1) is 11.3 Å². The second-order valence-corrected chi connectivity index (χ2v) is 6.79. The third-order valence-electron chi connectivity index (χ3n) is 4.82. The van der Waals surface area contributed by atoms with Crippen LogP contribution in [0.4, 0.5) is 5.82 Å². The van der Waals surface area contributed by atoms with Gasteiger partial charge in [-0.05, 0) is 36.1 Å². The Morgan fingerprint density at radius 3 is 2.95 bits per heavy atom. The predicted octanol–water partition coefficient (Wildman–Crippen LogP) is 3.71. The fourth-order valence-corrected chi connectivity index (χ4v) is 4.66. The van der Waals surface area contributed by atoms with Gasteiger partial charge in [0.1, 0.15) is 12.1 Å². The molecular weight excluding hydrogens is 254 g/mol. The zero-order chi connectivity index (χ0) is 12.7. The van der Waals surface area contributed by atoms with Crippen molar-refractivity contribution in [3.63, 3.8) is 0 Å². The van der Waals surface area contributed by atoms with Crippen LogP contribution in [0.1, 0.15) is 32.1 Å². The Kier molecular flexibility index (Phi) is 2.91. The predicted molar refractivity (Wildman–Crippen MR) is 79.7 cm³/mol. The zero-order valence-electron chi connectivity index (χ0n) is 11.1. The van der Waals surface area contributed by atoms with Crippen molar-refractivity contribution in [2.45, 2.75) is 32.1 Å². The van der Waals surface area contributed by atoms with Crippen LogP contribution in [0.25, 0.3) is 10.2 Å². The van der Waals surface area contributed by atoms with E-state index in [-0.39, 0.29) is 0 Å². The van der Waals surface area contributed by atoms with E-state index in [1.54, 1.807) is 17.7 Å². The first-order chi connectivity index (χ1) is 9.42. The summed E-state index contributed by atoms with van der Waals surface area (Å²) >= 11 is 1.77. The Balaban J connectivity index is 1.64. The number of hydrogen-bond acceptors (Lipinski definition) is 4. The van der Waals surface area contributed by atoms with Gasteiger partial charge in [-0.2, -0.15) is 0 Å². The molecule has 0 N–H and O–H groups in total. The van der Waals surface area contributed by atoms with Crippen LogP contribution in [-0.4, -0.2) is 23.1 Å². The average molecular weight is 273 g/mol. The second kappa shape index (κ2) is 4.75. The van der Waals surface area contributed by atoms with Gasteiger partial charge in [-0.3, -0.25) is 0 Å². The number of fused-ring (bicyclic) bond motifs is 2. The summed E-state index contributed by atoms with van der Waals surface area (Å²) in [5.74, 6) is 3.04. The molecule has 0 unspecified atom stereocenters. The standard InChI is InChI=1S/C15H19N3S/c1-2-4-12-9-18(7-5-11(12)3-1)15-14-13(6-8-19-14)16-10-17-15/h6,8,10-12H,1-5,7,9H2/t11-,12+/m1/s1. The van der Waals surface area contributed by atoms with Crippen molar-refractivity contribution in [3.05, 3.63) is 17.8 Å². The van der Waals surface area contributed by atoms with E-state index in [1.165, 1.54) is 55.7 Å². The van der Waals surface area contributed by atoms with Crippen LogP contribution in [-0.2, 0) is 0 Å². The fraction of sp³-hybridized carbons (Fsp3) is 0.600. The third-order valence-corrected chi connectivity index (χ3v) is 5.71. The number of nitrogens with zero attached hydrogens (tertiary/aromatic N) is 3. The van der Waals surface area contributed by atoms with E-state index in [1.807, 2.05) is 0 Å². The molecular formula is C15H19N3S. The lowest BCUT2D eigenvalue weighted by Crippen LogP contribution is -2.42. The van der Waals surface area contributed by atoms with Gasteiger partial charge in [0.05, 0.1) is 10.2 Å². The van der Waals surface area contributed by atoms with E-state index in [2.05, 4.69) is 26.3 Å². The molecule has 4 heteroatoms. The van der Waals surface area contributed by atoms with Gasteiger partial charge in [-0.25, -0.2) is 9.97 Å². The van der Waals surface area contributed by atoms with Gasteiger partial charge in [0, 0.05) is 13.1 Å². The number of aromatic nitrogens is 2. The largest absolute Gasteiger partial charge is 0.355 e. The quantitative estimate of drug-likeness (QED) is 0.793. The van der Waals surface area contributed by atoms with Gasteiger partial charge >= 0.3 is 0 Å². The Labute approximate surface area is 117 Å². The molecule has 0 aromatic carbocycles.